The van der Waals surface area contributed by atoms with Crippen molar-refractivity contribution in [2.24, 2.45) is 0 Å². The minimum absolute atomic E-state index is 0.172. The third kappa shape index (κ3) is 5.17. The Morgan fingerprint density at radius 1 is 1.50 bits per heavy atom. The molecule has 1 aromatic heterocycles. The summed E-state index contributed by atoms with van der Waals surface area (Å²) in [6, 6.07) is 1.96. The van der Waals surface area contributed by atoms with Crippen molar-refractivity contribution in [3.8, 4) is 0 Å². The van der Waals surface area contributed by atoms with Gasteiger partial charge in [-0.2, -0.15) is 5.10 Å². The van der Waals surface area contributed by atoms with Crippen LogP contribution >= 0.6 is 15.9 Å². The molecule has 0 amide bonds. The first-order chi connectivity index (χ1) is 9.62. The van der Waals surface area contributed by atoms with Crippen LogP contribution in [-0.2, 0) is 17.9 Å². The van der Waals surface area contributed by atoms with E-state index in [1.54, 1.807) is 0 Å². The van der Waals surface area contributed by atoms with E-state index in [0.29, 0.717) is 17.4 Å². The Balaban J connectivity index is 0.000000444. The monoisotopic (exact) mass is 343 g/mol. The van der Waals surface area contributed by atoms with Gasteiger partial charge in [-0.15, -0.1) is 0 Å². The molecule has 6 heteroatoms. The number of halogens is 1. The smallest absolute Gasteiger partial charge is 0.183 e. The molecule has 0 aliphatic carbocycles. The molecule has 0 N–H and O–H groups in total. The fourth-order valence-corrected chi connectivity index (χ4v) is 2.11. The van der Waals surface area contributed by atoms with E-state index in [9.17, 15) is 4.79 Å². The highest BCUT2D eigenvalue weighted by Crippen LogP contribution is 2.13. The molecule has 1 aliphatic rings. The number of nitrogens with zero attached hydrogens (tertiary/aromatic N) is 3. The van der Waals surface area contributed by atoms with Gasteiger partial charge in [0.2, 0.25) is 0 Å². The molecule has 0 saturated heterocycles. The van der Waals surface area contributed by atoms with Crippen LogP contribution in [0.5, 0.6) is 0 Å². The van der Waals surface area contributed by atoms with Crippen molar-refractivity contribution >= 4 is 28.0 Å². The molecule has 1 aromatic rings. The van der Waals surface area contributed by atoms with Gasteiger partial charge in [0.1, 0.15) is 12.0 Å². The van der Waals surface area contributed by atoms with E-state index >= 15 is 0 Å². The lowest BCUT2D eigenvalue weighted by molar-refractivity contribution is -0.105. The van der Waals surface area contributed by atoms with Gasteiger partial charge in [0.15, 0.2) is 5.78 Å². The largest absolute Gasteiger partial charge is 0.302 e. The van der Waals surface area contributed by atoms with Crippen LogP contribution in [0.15, 0.2) is 6.07 Å². The molecular formula is C14H22BrN3O2. The van der Waals surface area contributed by atoms with Crippen LogP contribution in [-0.4, -0.2) is 45.7 Å². The number of aromatic nitrogens is 2. The van der Waals surface area contributed by atoms with Crippen LogP contribution in [0.1, 0.15) is 42.4 Å². The third-order valence-electron chi connectivity index (χ3n) is 3.03. The molecule has 0 atom stereocenters. The quantitative estimate of drug-likeness (QED) is 0.478. The van der Waals surface area contributed by atoms with E-state index in [1.165, 1.54) is 5.69 Å². The molecule has 2 heterocycles. The second-order valence-corrected chi connectivity index (χ2v) is 5.48. The van der Waals surface area contributed by atoms with Gasteiger partial charge < -0.3 is 9.69 Å². The zero-order valence-electron chi connectivity index (χ0n) is 12.1. The Morgan fingerprint density at radius 3 is 2.80 bits per heavy atom. The van der Waals surface area contributed by atoms with E-state index in [2.05, 4.69) is 33.0 Å². The van der Waals surface area contributed by atoms with Gasteiger partial charge >= 0.3 is 0 Å². The van der Waals surface area contributed by atoms with Crippen LogP contribution < -0.4 is 0 Å². The molecule has 2 rings (SSSR count). The summed E-state index contributed by atoms with van der Waals surface area (Å²) in [4.78, 5) is 23.1. The fourth-order valence-electron chi connectivity index (χ4n) is 2.11. The highest BCUT2D eigenvalue weighted by molar-refractivity contribution is 9.09. The van der Waals surface area contributed by atoms with Crippen LogP contribution in [0.3, 0.4) is 0 Å². The van der Waals surface area contributed by atoms with Crippen LogP contribution in [0.25, 0.3) is 0 Å². The minimum Gasteiger partial charge on any atom is -0.302 e. The second kappa shape index (κ2) is 9.02. The predicted octanol–water partition coefficient (Wildman–Crippen LogP) is 2.28. The molecule has 5 nitrogen and oxygen atoms in total. The van der Waals surface area contributed by atoms with E-state index < -0.39 is 0 Å². The lowest BCUT2D eigenvalue weighted by Crippen LogP contribution is -2.17. The zero-order chi connectivity index (χ0) is 15.0. The highest BCUT2D eigenvalue weighted by atomic mass is 79.9. The van der Waals surface area contributed by atoms with Crippen molar-refractivity contribution in [2.45, 2.75) is 39.3 Å². The van der Waals surface area contributed by atoms with Gasteiger partial charge in [0.25, 0.3) is 0 Å². The molecule has 0 radical (unpaired) electrons. The van der Waals surface area contributed by atoms with Gasteiger partial charge in [-0.25, -0.2) is 0 Å². The van der Waals surface area contributed by atoms with Gasteiger partial charge in [0.05, 0.1) is 11.0 Å². The summed E-state index contributed by atoms with van der Waals surface area (Å²) < 4.78 is 1.99. The first-order valence-electron chi connectivity index (χ1n) is 6.90. The molecule has 0 fully saturated rings. The molecule has 0 saturated carbocycles. The van der Waals surface area contributed by atoms with Crippen molar-refractivity contribution in [3.05, 3.63) is 17.5 Å². The molecule has 1 aliphatic heterocycles. The maximum atomic E-state index is 11.7. The zero-order valence-corrected chi connectivity index (χ0v) is 13.7. The highest BCUT2D eigenvalue weighted by Gasteiger charge is 2.16. The van der Waals surface area contributed by atoms with Crippen molar-refractivity contribution in [2.75, 3.05) is 18.9 Å². The topological polar surface area (TPSA) is 55.2 Å². The standard InChI is InChI=1S/C12H19N3O.C2H3BrO/c1-3-5-12(16)11-8-10-9-14(2)6-4-7-15(10)13-11;3-1-2-4/h8H,3-7,9H2,1-2H3;2H,1H2. The molecule has 0 aromatic carbocycles. The summed E-state index contributed by atoms with van der Waals surface area (Å²) >= 11 is 2.88. The number of Topliss-reactive ketones (excluding diaryl/α,β-unsaturated/α-hetero) is 1. The number of carbonyl (C=O) groups is 2. The molecule has 0 spiro atoms. The first kappa shape index (κ1) is 17.0. The van der Waals surface area contributed by atoms with Crippen molar-refractivity contribution in [1.82, 2.24) is 14.7 Å². The van der Waals surface area contributed by atoms with Crippen molar-refractivity contribution < 1.29 is 9.59 Å². The second-order valence-electron chi connectivity index (χ2n) is 4.83. The number of aldehydes is 1. The average Bonchev–Trinajstić information content (AvgIpc) is 2.74. The first-order valence-corrected chi connectivity index (χ1v) is 8.02. The van der Waals surface area contributed by atoms with Crippen LogP contribution in [0.4, 0.5) is 0 Å². The number of ketones is 1. The van der Waals surface area contributed by atoms with E-state index in [0.717, 1.165) is 38.8 Å². The van der Waals surface area contributed by atoms with Gasteiger partial charge in [0, 0.05) is 26.1 Å². The van der Waals surface area contributed by atoms with Crippen molar-refractivity contribution in [3.63, 3.8) is 0 Å². The summed E-state index contributed by atoms with van der Waals surface area (Å²) in [7, 11) is 2.11. The molecule has 112 valence electrons. The summed E-state index contributed by atoms with van der Waals surface area (Å²) in [6.45, 7) is 4.94. The number of hydrogen-bond acceptors (Lipinski definition) is 4. The normalized spacial score (nSPS) is 14.8. The number of alkyl halides is 1. The summed E-state index contributed by atoms with van der Waals surface area (Å²) in [5.41, 5.74) is 1.81. The number of hydrogen-bond donors (Lipinski definition) is 0. The molecule has 20 heavy (non-hydrogen) atoms. The minimum atomic E-state index is 0.172. The average molecular weight is 344 g/mol. The Hall–Kier alpha value is -1.01. The fraction of sp³-hybridized carbons (Fsp3) is 0.643. The third-order valence-corrected chi connectivity index (χ3v) is 3.30. The summed E-state index contributed by atoms with van der Waals surface area (Å²) in [5, 5.41) is 4.86. The SMILES string of the molecule is CCCC(=O)c1cc2n(n1)CCCN(C)C2.O=CCBr. The summed E-state index contributed by atoms with van der Waals surface area (Å²) in [6.07, 6.45) is 3.39. The number of rotatable bonds is 4. The lowest BCUT2D eigenvalue weighted by Gasteiger charge is -2.10. The van der Waals surface area contributed by atoms with E-state index in [-0.39, 0.29) is 5.78 Å². The van der Waals surface area contributed by atoms with Crippen LogP contribution in [0.2, 0.25) is 0 Å². The molecule has 0 bridgehead atoms. The maximum absolute atomic E-state index is 11.7. The van der Waals surface area contributed by atoms with Crippen molar-refractivity contribution in [1.29, 1.82) is 0 Å². The van der Waals surface area contributed by atoms with Crippen LogP contribution in [0, 0.1) is 0 Å². The maximum Gasteiger partial charge on any atom is 0.183 e. The Bertz CT molecular complexity index is 446. The van der Waals surface area contributed by atoms with E-state index in [4.69, 9.17) is 4.79 Å². The van der Waals surface area contributed by atoms with E-state index in [1.807, 2.05) is 17.7 Å². The number of carbonyl (C=O) groups excluding carboxylic acids is 2. The van der Waals surface area contributed by atoms with Gasteiger partial charge in [-0.1, -0.05) is 22.9 Å². The number of aryl methyl sites for hydroxylation is 1. The Morgan fingerprint density at radius 2 is 2.20 bits per heavy atom. The molecule has 0 unspecified atom stereocenters. The van der Waals surface area contributed by atoms with Gasteiger partial charge in [-0.05, 0) is 26.0 Å². The van der Waals surface area contributed by atoms with Gasteiger partial charge in [-0.3, -0.25) is 9.48 Å². The Kier molecular flexibility index (Phi) is 7.69. The Labute approximate surface area is 128 Å². The predicted molar refractivity (Wildman–Crippen MR) is 82.3 cm³/mol. The summed E-state index contributed by atoms with van der Waals surface area (Å²) in [5.74, 6) is 0.172. The number of fused-ring (bicyclic) bond motifs is 1. The lowest BCUT2D eigenvalue weighted by atomic mass is 10.2. The molecular weight excluding hydrogens is 322 g/mol.